The Balaban J connectivity index is 1.47. The summed E-state index contributed by atoms with van der Waals surface area (Å²) >= 11 is 1.91. The fourth-order valence-electron chi connectivity index (χ4n) is 7.70. The molecule has 2 nitrogen and oxygen atoms in total. The van der Waals surface area contributed by atoms with E-state index in [4.69, 9.17) is 0 Å². The number of benzene rings is 6. The van der Waals surface area contributed by atoms with Crippen molar-refractivity contribution in [1.29, 1.82) is 0 Å². The molecule has 186 valence electrons. The monoisotopic (exact) mass is 526 g/mol. The van der Waals surface area contributed by atoms with Gasteiger partial charge in [-0.15, -0.1) is 0 Å². The Kier molecular flexibility index (Phi) is 3.84. The maximum atomic E-state index is 3.82. The maximum Gasteiger partial charge on any atom is 0.0765 e. The van der Waals surface area contributed by atoms with Crippen LogP contribution < -0.4 is 0 Å². The Labute approximate surface area is 234 Å². The summed E-state index contributed by atoms with van der Waals surface area (Å²) in [6.07, 6.45) is 0. The van der Waals surface area contributed by atoms with Gasteiger partial charge in [-0.1, -0.05) is 115 Å². The number of rotatable bonds is 0. The van der Waals surface area contributed by atoms with Crippen molar-refractivity contribution in [3.05, 3.63) is 150 Å². The number of hydrogen-bond donors (Lipinski definition) is 1. The number of nitrogens with one attached hydrogen (secondary N) is 1. The summed E-state index contributed by atoms with van der Waals surface area (Å²) in [5.74, 6) is 0. The van der Waals surface area contributed by atoms with Gasteiger partial charge in [-0.25, -0.2) is 0 Å². The molecular weight excluding hydrogens is 504 g/mol. The van der Waals surface area contributed by atoms with E-state index in [-0.39, 0.29) is 0 Å². The predicted molar refractivity (Wildman–Crippen MR) is 166 cm³/mol. The van der Waals surface area contributed by atoms with Gasteiger partial charge in [0, 0.05) is 36.9 Å². The number of para-hydroxylation sites is 4. The summed E-state index contributed by atoms with van der Waals surface area (Å²) in [4.78, 5) is 6.46. The van der Waals surface area contributed by atoms with Gasteiger partial charge in [0.15, 0.2) is 0 Å². The van der Waals surface area contributed by atoms with Crippen LogP contribution >= 0.6 is 11.8 Å². The normalized spacial score (nSPS) is 17.0. The summed E-state index contributed by atoms with van der Waals surface area (Å²) in [5.41, 5.74) is 11.2. The zero-order valence-electron chi connectivity index (χ0n) is 21.5. The summed E-state index contributed by atoms with van der Waals surface area (Å²) in [6.45, 7) is 0. The Morgan fingerprint density at radius 2 is 1.25 bits per heavy atom. The van der Waals surface area contributed by atoms with Crippen molar-refractivity contribution in [1.82, 2.24) is 9.55 Å². The second-order valence-electron chi connectivity index (χ2n) is 11.0. The first-order chi connectivity index (χ1) is 19.9. The van der Waals surface area contributed by atoms with Crippen LogP contribution in [0.3, 0.4) is 0 Å². The molecule has 0 aliphatic carbocycles. The minimum atomic E-state index is -0.441. The van der Waals surface area contributed by atoms with Crippen LogP contribution in [0, 0.1) is 0 Å². The second-order valence-corrected chi connectivity index (χ2v) is 12.0. The van der Waals surface area contributed by atoms with Gasteiger partial charge in [0.2, 0.25) is 0 Å². The largest absolute Gasteiger partial charge is 0.354 e. The SMILES string of the molecule is c1ccc2c(c1)Sc1c(ccc3c1[nH]c1ccccc13)C21c2ccccc2-n2c3ccccc3c3cccc1c32. The second kappa shape index (κ2) is 7.26. The zero-order chi connectivity index (χ0) is 26.0. The molecule has 1 spiro atoms. The van der Waals surface area contributed by atoms with Crippen molar-refractivity contribution in [3.8, 4) is 5.69 Å². The van der Waals surface area contributed by atoms with E-state index < -0.39 is 5.41 Å². The average molecular weight is 527 g/mol. The third-order valence-corrected chi connectivity index (χ3v) is 10.4. The van der Waals surface area contributed by atoms with E-state index in [0.717, 1.165) is 0 Å². The van der Waals surface area contributed by atoms with Gasteiger partial charge in [-0.05, 0) is 46.5 Å². The van der Waals surface area contributed by atoms with Crippen molar-refractivity contribution in [2.45, 2.75) is 15.2 Å². The molecule has 0 saturated heterocycles. The Morgan fingerprint density at radius 3 is 2.20 bits per heavy atom. The summed E-state index contributed by atoms with van der Waals surface area (Å²) in [6, 6.07) is 47.3. The van der Waals surface area contributed by atoms with Crippen molar-refractivity contribution >= 4 is 55.4 Å². The third-order valence-electron chi connectivity index (χ3n) is 9.19. The Bertz CT molecular complexity index is 2370. The summed E-state index contributed by atoms with van der Waals surface area (Å²) in [5, 5.41) is 5.18. The molecule has 2 aliphatic rings. The molecular formula is C37H22N2S. The van der Waals surface area contributed by atoms with Gasteiger partial charge in [-0.3, -0.25) is 0 Å². The minimum Gasteiger partial charge on any atom is -0.354 e. The lowest BCUT2D eigenvalue weighted by Gasteiger charge is -2.45. The molecule has 0 radical (unpaired) electrons. The standard InChI is InChI=1S/C37H22N2S/c1-5-16-30-22(10-1)24-20-21-29-36(34(24)38-30)40-33-19-8-4-14-27(33)37(29)26-13-3-7-18-32(26)39-31-17-6-2-11-23(31)25-12-9-15-28(37)35(25)39/h1-21,38H. The maximum absolute atomic E-state index is 3.82. The van der Waals surface area contributed by atoms with E-state index in [1.54, 1.807) is 0 Å². The van der Waals surface area contributed by atoms with E-state index in [0.29, 0.717) is 0 Å². The van der Waals surface area contributed by atoms with Crippen LogP contribution in [0.25, 0.3) is 49.3 Å². The highest BCUT2D eigenvalue weighted by Gasteiger charge is 2.49. The lowest BCUT2D eigenvalue weighted by molar-refractivity contribution is 0.692. The molecule has 10 rings (SSSR count). The Morgan fingerprint density at radius 1 is 0.525 bits per heavy atom. The molecule has 6 aromatic carbocycles. The van der Waals surface area contributed by atoms with E-state index >= 15 is 0 Å². The van der Waals surface area contributed by atoms with Crippen molar-refractivity contribution < 1.29 is 0 Å². The summed E-state index contributed by atoms with van der Waals surface area (Å²) < 4.78 is 2.51. The van der Waals surface area contributed by atoms with Gasteiger partial charge in [0.05, 0.1) is 27.7 Å². The zero-order valence-corrected chi connectivity index (χ0v) is 22.3. The van der Waals surface area contributed by atoms with Crippen molar-refractivity contribution in [2.75, 3.05) is 0 Å². The van der Waals surface area contributed by atoms with Gasteiger partial charge >= 0.3 is 0 Å². The topological polar surface area (TPSA) is 20.7 Å². The number of hydrogen-bond acceptors (Lipinski definition) is 1. The highest BCUT2D eigenvalue weighted by Crippen LogP contribution is 2.61. The molecule has 1 unspecified atom stereocenters. The van der Waals surface area contributed by atoms with Crippen molar-refractivity contribution in [3.63, 3.8) is 0 Å². The first-order valence-corrected chi connectivity index (χ1v) is 14.6. The molecule has 40 heavy (non-hydrogen) atoms. The first-order valence-electron chi connectivity index (χ1n) is 13.8. The fraction of sp³-hybridized carbons (Fsp3) is 0.0270. The molecule has 8 aromatic rings. The highest BCUT2D eigenvalue weighted by molar-refractivity contribution is 7.99. The molecule has 1 atom stereocenters. The van der Waals surface area contributed by atoms with Gasteiger partial charge in [-0.2, -0.15) is 0 Å². The van der Waals surface area contributed by atoms with Crippen molar-refractivity contribution in [2.24, 2.45) is 0 Å². The number of nitrogens with zero attached hydrogens (tertiary/aromatic N) is 1. The molecule has 1 N–H and O–H groups in total. The lowest BCUT2D eigenvalue weighted by atomic mass is 9.62. The van der Waals surface area contributed by atoms with E-state index in [1.165, 1.54) is 81.3 Å². The molecule has 0 fully saturated rings. The molecule has 0 amide bonds. The van der Waals surface area contributed by atoms with E-state index in [2.05, 4.69) is 137 Å². The predicted octanol–water partition coefficient (Wildman–Crippen LogP) is 9.58. The number of fused-ring (bicyclic) bond motifs is 15. The van der Waals surface area contributed by atoms with Crippen LogP contribution in [0.2, 0.25) is 0 Å². The molecule has 0 saturated carbocycles. The van der Waals surface area contributed by atoms with Crippen LogP contribution in [0.5, 0.6) is 0 Å². The smallest absolute Gasteiger partial charge is 0.0765 e. The third kappa shape index (κ3) is 2.32. The molecule has 2 aliphatic heterocycles. The fourth-order valence-corrected chi connectivity index (χ4v) is 8.99. The van der Waals surface area contributed by atoms with Gasteiger partial charge in [0.25, 0.3) is 0 Å². The Hall–Kier alpha value is -4.73. The highest BCUT2D eigenvalue weighted by atomic mass is 32.2. The first kappa shape index (κ1) is 21.1. The molecule has 2 aromatic heterocycles. The van der Waals surface area contributed by atoms with Gasteiger partial charge < -0.3 is 9.55 Å². The summed E-state index contributed by atoms with van der Waals surface area (Å²) in [7, 11) is 0. The minimum absolute atomic E-state index is 0.441. The number of aromatic nitrogens is 2. The van der Waals surface area contributed by atoms with Crippen LogP contribution in [0.4, 0.5) is 0 Å². The van der Waals surface area contributed by atoms with Gasteiger partial charge in [0.1, 0.15) is 0 Å². The number of H-pyrrole nitrogens is 1. The quantitative estimate of drug-likeness (QED) is 0.209. The molecule has 3 heteroatoms. The van der Waals surface area contributed by atoms with Crippen LogP contribution in [-0.4, -0.2) is 9.55 Å². The lowest BCUT2D eigenvalue weighted by Crippen LogP contribution is -2.37. The van der Waals surface area contributed by atoms with E-state index in [1.807, 2.05) is 11.8 Å². The van der Waals surface area contributed by atoms with Crippen LogP contribution in [0.1, 0.15) is 22.3 Å². The average Bonchev–Trinajstić information content (AvgIpc) is 3.56. The van der Waals surface area contributed by atoms with Crippen LogP contribution in [0.15, 0.2) is 137 Å². The molecule has 4 heterocycles. The number of aromatic amines is 1. The van der Waals surface area contributed by atoms with E-state index in [9.17, 15) is 0 Å². The van der Waals surface area contributed by atoms with Crippen LogP contribution in [-0.2, 0) is 5.41 Å². The molecule has 0 bridgehead atoms.